The maximum absolute atomic E-state index is 11.9. The maximum atomic E-state index is 11.9. The lowest BCUT2D eigenvalue weighted by Gasteiger charge is -2.02. The van der Waals surface area contributed by atoms with Gasteiger partial charge in [-0.3, -0.25) is 9.13 Å². The highest BCUT2D eigenvalue weighted by atomic mass is 16.2. The molecule has 1 saturated carbocycles. The largest absolute Gasteiger partial charge is 0.338 e. The van der Waals surface area contributed by atoms with Gasteiger partial charge in [-0.25, -0.2) is 14.8 Å². The van der Waals surface area contributed by atoms with E-state index in [-0.39, 0.29) is 11.4 Å². The number of hydrogen-bond acceptors (Lipinski definition) is 3. The van der Waals surface area contributed by atoms with Gasteiger partial charge in [-0.1, -0.05) is 6.92 Å². The van der Waals surface area contributed by atoms with Crippen molar-refractivity contribution in [2.45, 2.75) is 25.2 Å². The van der Waals surface area contributed by atoms with Gasteiger partial charge in [-0.2, -0.15) is 0 Å². The lowest BCUT2D eigenvalue weighted by atomic mass is 10.1. The minimum Gasteiger partial charge on any atom is -0.257 e. The van der Waals surface area contributed by atoms with Gasteiger partial charge in [0.25, 0.3) is 0 Å². The molecule has 0 radical (unpaired) electrons. The Kier molecular flexibility index (Phi) is 1.77. The van der Waals surface area contributed by atoms with Crippen LogP contribution in [0.2, 0.25) is 0 Å². The molecule has 0 saturated heterocycles. The van der Waals surface area contributed by atoms with Crippen LogP contribution in [-0.4, -0.2) is 25.1 Å². The van der Waals surface area contributed by atoms with Crippen LogP contribution < -0.4 is 0 Å². The normalized spacial score (nSPS) is 17.3. The quantitative estimate of drug-likeness (QED) is 0.728. The SMILES string of the molecule is CC1(c2cn(C(=O)n3ccnc3)cn2)CC1. The van der Waals surface area contributed by atoms with Crippen LogP contribution in [0.25, 0.3) is 0 Å². The summed E-state index contributed by atoms with van der Waals surface area (Å²) in [6.07, 6.45) is 10.4. The highest BCUT2D eigenvalue weighted by Crippen LogP contribution is 2.46. The van der Waals surface area contributed by atoms with Crippen LogP contribution in [0.3, 0.4) is 0 Å². The summed E-state index contributed by atoms with van der Waals surface area (Å²) in [6.45, 7) is 2.17. The van der Waals surface area contributed by atoms with Crippen molar-refractivity contribution in [3.8, 4) is 0 Å². The van der Waals surface area contributed by atoms with E-state index in [1.165, 1.54) is 15.5 Å². The van der Waals surface area contributed by atoms with Gasteiger partial charge in [0.2, 0.25) is 0 Å². The van der Waals surface area contributed by atoms with Gasteiger partial charge in [-0.05, 0) is 12.8 Å². The van der Waals surface area contributed by atoms with Crippen LogP contribution in [0.1, 0.15) is 25.5 Å². The number of nitrogens with zero attached hydrogens (tertiary/aromatic N) is 4. The lowest BCUT2D eigenvalue weighted by Crippen LogP contribution is -2.16. The van der Waals surface area contributed by atoms with Crippen molar-refractivity contribution in [2.24, 2.45) is 0 Å². The van der Waals surface area contributed by atoms with Crippen molar-refractivity contribution in [3.63, 3.8) is 0 Å². The molecule has 3 rings (SSSR count). The number of aromatic nitrogens is 4. The minimum absolute atomic E-state index is 0.152. The molecule has 1 fully saturated rings. The van der Waals surface area contributed by atoms with Crippen molar-refractivity contribution >= 4 is 6.03 Å². The third-order valence-electron chi connectivity index (χ3n) is 3.15. The smallest absolute Gasteiger partial charge is 0.257 e. The van der Waals surface area contributed by atoms with Gasteiger partial charge in [0.1, 0.15) is 12.7 Å². The molecule has 0 aromatic carbocycles. The minimum atomic E-state index is -0.152. The first-order chi connectivity index (χ1) is 7.69. The van der Waals surface area contributed by atoms with Gasteiger partial charge >= 0.3 is 6.03 Å². The zero-order chi connectivity index (χ0) is 11.2. The molecular formula is C11H12N4O. The summed E-state index contributed by atoms with van der Waals surface area (Å²) in [7, 11) is 0. The third-order valence-corrected chi connectivity index (χ3v) is 3.15. The van der Waals surface area contributed by atoms with Crippen molar-refractivity contribution < 1.29 is 4.79 Å². The Morgan fingerprint density at radius 2 is 2.19 bits per heavy atom. The second kappa shape index (κ2) is 3.04. The predicted molar refractivity (Wildman–Crippen MR) is 57.2 cm³/mol. The zero-order valence-electron chi connectivity index (χ0n) is 9.00. The highest BCUT2D eigenvalue weighted by molar-refractivity contribution is 5.78. The van der Waals surface area contributed by atoms with E-state index >= 15 is 0 Å². The van der Waals surface area contributed by atoms with E-state index < -0.39 is 0 Å². The van der Waals surface area contributed by atoms with Crippen molar-refractivity contribution in [1.29, 1.82) is 0 Å². The summed E-state index contributed by atoms with van der Waals surface area (Å²) >= 11 is 0. The molecule has 0 spiro atoms. The molecule has 1 aliphatic carbocycles. The van der Waals surface area contributed by atoms with Crippen molar-refractivity contribution in [3.05, 3.63) is 36.9 Å². The summed E-state index contributed by atoms with van der Waals surface area (Å²) in [5.74, 6) is 0. The molecule has 0 amide bonds. The summed E-state index contributed by atoms with van der Waals surface area (Å²) in [5.41, 5.74) is 1.20. The molecular weight excluding hydrogens is 204 g/mol. The molecule has 5 heteroatoms. The highest BCUT2D eigenvalue weighted by Gasteiger charge is 2.41. The van der Waals surface area contributed by atoms with E-state index in [4.69, 9.17) is 0 Å². The Labute approximate surface area is 92.7 Å². The summed E-state index contributed by atoms with van der Waals surface area (Å²) in [6, 6.07) is -0.152. The topological polar surface area (TPSA) is 52.7 Å². The molecule has 0 aliphatic heterocycles. The average Bonchev–Trinajstić information content (AvgIpc) is 2.85. The van der Waals surface area contributed by atoms with E-state index in [1.807, 2.05) is 6.20 Å². The monoisotopic (exact) mass is 216 g/mol. The summed E-state index contributed by atoms with van der Waals surface area (Å²) in [4.78, 5) is 20.0. The van der Waals surface area contributed by atoms with Crippen molar-refractivity contribution in [2.75, 3.05) is 0 Å². The fourth-order valence-electron chi connectivity index (χ4n) is 1.69. The van der Waals surface area contributed by atoms with Gasteiger partial charge in [0.05, 0.1) is 5.69 Å². The van der Waals surface area contributed by atoms with E-state index in [0.717, 1.165) is 18.5 Å². The summed E-state index contributed by atoms with van der Waals surface area (Å²) in [5, 5.41) is 0. The first kappa shape index (κ1) is 9.33. The fraction of sp³-hybridized carbons (Fsp3) is 0.364. The average molecular weight is 216 g/mol. The van der Waals surface area contributed by atoms with Crippen LogP contribution in [0, 0.1) is 0 Å². The molecule has 2 aromatic rings. The van der Waals surface area contributed by atoms with E-state index in [9.17, 15) is 4.79 Å². The van der Waals surface area contributed by atoms with E-state index in [2.05, 4.69) is 16.9 Å². The first-order valence-electron chi connectivity index (χ1n) is 5.26. The van der Waals surface area contributed by atoms with Gasteiger partial charge in [-0.15, -0.1) is 0 Å². The first-order valence-corrected chi connectivity index (χ1v) is 5.26. The Hall–Kier alpha value is -1.91. The second-order valence-corrected chi connectivity index (χ2v) is 4.48. The molecule has 0 unspecified atom stereocenters. The molecule has 5 nitrogen and oxygen atoms in total. The standard InChI is InChI=1S/C11H12N4O/c1-11(2-3-11)9-6-15(8-13-9)10(16)14-5-4-12-7-14/h4-8H,2-3H2,1H3. The molecule has 0 atom stereocenters. The molecule has 82 valence electrons. The maximum Gasteiger partial charge on any atom is 0.338 e. The fourth-order valence-corrected chi connectivity index (χ4v) is 1.69. The molecule has 2 aromatic heterocycles. The Balaban J connectivity index is 1.90. The van der Waals surface area contributed by atoms with Gasteiger partial charge in [0.15, 0.2) is 0 Å². The second-order valence-electron chi connectivity index (χ2n) is 4.48. The molecule has 16 heavy (non-hydrogen) atoms. The Morgan fingerprint density at radius 1 is 1.38 bits per heavy atom. The predicted octanol–water partition coefficient (Wildman–Crippen LogP) is 1.65. The Morgan fingerprint density at radius 3 is 2.81 bits per heavy atom. The molecule has 2 heterocycles. The number of imidazole rings is 2. The van der Waals surface area contributed by atoms with E-state index in [1.54, 1.807) is 18.7 Å². The van der Waals surface area contributed by atoms with Crippen molar-refractivity contribution in [1.82, 2.24) is 19.1 Å². The summed E-state index contributed by atoms with van der Waals surface area (Å²) < 4.78 is 2.93. The third kappa shape index (κ3) is 1.36. The lowest BCUT2D eigenvalue weighted by molar-refractivity contribution is 0.244. The van der Waals surface area contributed by atoms with Crippen LogP contribution in [0.4, 0.5) is 4.79 Å². The van der Waals surface area contributed by atoms with Crippen LogP contribution in [-0.2, 0) is 5.41 Å². The number of carbonyl (C=O) groups is 1. The van der Waals surface area contributed by atoms with Crippen LogP contribution in [0.5, 0.6) is 0 Å². The number of carbonyl (C=O) groups excluding carboxylic acids is 1. The Bertz CT molecular complexity index is 522. The molecule has 0 N–H and O–H groups in total. The number of hydrogen-bond donors (Lipinski definition) is 0. The molecule has 0 bridgehead atoms. The van der Waals surface area contributed by atoms with E-state index in [0.29, 0.717) is 0 Å². The van der Waals surface area contributed by atoms with Gasteiger partial charge in [0, 0.05) is 24.0 Å². The number of rotatable bonds is 1. The van der Waals surface area contributed by atoms with Crippen LogP contribution >= 0.6 is 0 Å². The molecule has 1 aliphatic rings. The van der Waals surface area contributed by atoms with Crippen LogP contribution in [0.15, 0.2) is 31.2 Å². The van der Waals surface area contributed by atoms with Gasteiger partial charge < -0.3 is 0 Å². The zero-order valence-corrected chi connectivity index (χ0v) is 9.00.